The molecule has 0 radical (unpaired) electrons. The van der Waals surface area contributed by atoms with Crippen molar-refractivity contribution in [2.24, 2.45) is 5.73 Å². The van der Waals surface area contributed by atoms with Crippen molar-refractivity contribution in [1.29, 1.82) is 0 Å². The van der Waals surface area contributed by atoms with Crippen LogP contribution >= 0.6 is 11.8 Å². The largest absolute Gasteiger partial charge is 0.338 e. The van der Waals surface area contributed by atoms with Crippen molar-refractivity contribution in [3.63, 3.8) is 0 Å². The number of halogens is 1. The third-order valence-corrected chi connectivity index (χ3v) is 3.59. The molecule has 2 aromatic rings. The lowest BCUT2D eigenvalue weighted by molar-refractivity contribution is 0.345. The first kappa shape index (κ1) is 14.0. The van der Waals surface area contributed by atoms with Crippen molar-refractivity contribution < 1.29 is 8.91 Å². The van der Waals surface area contributed by atoms with Crippen LogP contribution in [0.25, 0.3) is 0 Å². The molecule has 0 spiro atoms. The molecule has 0 aliphatic carbocycles. The summed E-state index contributed by atoms with van der Waals surface area (Å²) in [6, 6.07) is 6.12. The molecule has 0 aliphatic rings. The van der Waals surface area contributed by atoms with Crippen LogP contribution in [-0.2, 0) is 5.75 Å². The van der Waals surface area contributed by atoms with E-state index in [9.17, 15) is 4.39 Å². The Balaban J connectivity index is 1.91. The van der Waals surface area contributed by atoms with Crippen LogP contribution in [0.15, 0.2) is 33.7 Å². The molecule has 1 aromatic carbocycles. The summed E-state index contributed by atoms with van der Waals surface area (Å²) in [6.45, 7) is 2.06. The number of aromatic nitrogens is 2. The summed E-state index contributed by atoms with van der Waals surface area (Å²) in [7, 11) is 0. The van der Waals surface area contributed by atoms with Gasteiger partial charge in [-0.25, -0.2) is 4.39 Å². The Morgan fingerprint density at radius 3 is 2.79 bits per heavy atom. The first-order valence-electron chi connectivity index (χ1n) is 6.15. The van der Waals surface area contributed by atoms with Crippen LogP contribution in [0.1, 0.15) is 37.5 Å². The molecule has 1 atom stereocenters. The zero-order valence-electron chi connectivity index (χ0n) is 10.7. The minimum absolute atomic E-state index is 0.193. The average Bonchev–Trinajstić information content (AvgIpc) is 2.87. The Labute approximate surface area is 115 Å². The molecule has 0 bridgehead atoms. The third-order valence-electron chi connectivity index (χ3n) is 2.58. The fraction of sp³-hybridized carbons (Fsp3) is 0.385. The van der Waals surface area contributed by atoms with Gasteiger partial charge in [-0.3, -0.25) is 0 Å². The molecule has 0 saturated heterocycles. The normalized spacial score (nSPS) is 12.6. The molecule has 0 amide bonds. The second-order valence-electron chi connectivity index (χ2n) is 4.19. The molecule has 102 valence electrons. The van der Waals surface area contributed by atoms with Gasteiger partial charge in [-0.1, -0.05) is 18.5 Å². The van der Waals surface area contributed by atoms with Gasteiger partial charge in [0.1, 0.15) is 5.82 Å². The van der Waals surface area contributed by atoms with Gasteiger partial charge in [0.25, 0.3) is 0 Å². The Hall–Kier alpha value is -1.40. The molecule has 0 aliphatic heterocycles. The molecule has 1 aromatic heterocycles. The zero-order chi connectivity index (χ0) is 13.7. The van der Waals surface area contributed by atoms with Crippen LogP contribution < -0.4 is 5.73 Å². The second-order valence-corrected chi connectivity index (χ2v) is 5.24. The molecule has 2 rings (SSSR count). The SMILES string of the molecule is CCC[C@H](N)c1nc(CSc2ccc(F)cc2)no1. The van der Waals surface area contributed by atoms with E-state index in [0.717, 1.165) is 17.7 Å². The summed E-state index contributed by atoms with van der Waals surface area (Å²) in [5.74, 6) is 1.43. The van der Waals surface area contributed by atoms with Crippen LogP contribution in [0.3, 0.4) is 0 Å². The average molecular weight is 281 g/mol. The molecule has 0 unspecified atom stereocenters. The summed E-state index contributed by atoms with van der Waals surface area (Å²) in [5, 5.41) is 3.89. The van der Waals surface area contributed by atoms with Gasteiger partial charge in [-0.2, -0.15) is 4.98 Å². The topological polar surface area (TPSA) is 64.9 Å². The van der Waals surface area contributed by atoms with Crippen molar-refractivity contribution in [2.45, 2.75) is 36.5 Å². The predicted molar refractivity (Wildman–Crippen MR) is 72.1 cm³/mol. The van der Waals surface area contributed by atoms with E-state index in [1.807, 2.05) is 0 Å². The van der Waals surface area contributed by atoms with Gasteiger partial charge in [-0.05, 0) is 30.7 Å². The lowest BCUT2D eigenvalue weighted by atomic mass is 10.2. The number of benzene rings is 1. The molecule has 6 heteroatoms. The Bertz CT molecular complexity index is 515. The molecule has 4 nitrogen and oxygen atoms in total. The molecular weight excluding hydrogens is 265 g/mol. The van der Waals surface area contributed by atoms with Crippen LogP contribution in [0.2, 0.25) is 0 Å². The number of nitrogens with two attached hydrogens (primary N) is 1. The molecular formula is C13H16FN3OS. The van der Waals surface area contributed by atoms with Crippen molar-refractivity contribution in [2.75, 3.05) is 0 Å². The highest BCUT2D eigenvalue weighted by atomic mass is 32.2. The first-order chi connectivity index (χ1) is 9.19. The highest BCUT2D eigenvalue weighted by Crippen LogP contribution is 2.22. The smallest absolute Gasteiger partial charge is 0.243 e. The number of rotatable bonds is 6. The van der Waals surface area contributed by atoms with Crippen molar-refractivity contribution in [3.8, 4) is 0 Å². The highest BCUT2D eigenvalue weighted by molar-refractivity contribution is 7.98. The Kier molecular flexibility index (Phi) is 4.93. The molecule has 19 heavy (non-hydrogen) atoms. The summed E-state index contributed by atoms with van der Waals surface area (Å²) in [6.07, 6.45) is 1.80. The molecule has 0 saturated carbocycles. The van der Waals surface area contributed by atoms with E-state index < -0.39 is 0 Å². The van der Waals surface area contributed by atoms with Crippen molar-refractivity contribution >= 4 is 11.8 Å². The molecule has 1 heterocycles. The van der Waals surface area contributed by atoms with Crippen molar-refractivity contribution in [3.05, 3.63) is 41.8 Å². The van der Waals surface area contributed by atoms with E-state index in [-0.39, 0.29) is 11.9 Å². The molecule has 2 N–H and O–H groups in total. The number of hydrogen-bond donors (Lipinski definition) is 1. The van der Waals surface area contributed by atoms with Crippen LogP contribution in [0.5, 0.6) is 0 Å². The second kappa shape index (κ2) is 6.68. The minimum atomic E-state index is -0.239. The monoisotopic (exact) mass is 281 g/mol. The maximum atomic E-state index is 12.8. The summed E-state index contributed by atoms with van der Waals surface area (Å²) in [4.78, 5) is 5.23. The van der Waals surface area contributed by atoms with Gasteiger partial charge in [0.15, 0.2) is 5.82 Å². The summed E-state index contributed by atoms with van der Waals surface area (Å²) in [5.41, 5.74) is 5.90. The van der Waals surface area contributed by atoms with Gasteiger partial charge in [0.2, 0.25) is 5.89 Å². The maximum absolute atomic E-state index is 12.8. The van der Waals surface area contributed by atoms with E-state index in [0.29, 0.717) is 17.5 Å². The van der Waals surface area contributed by atoms with Gasteiger partial charge in [0, 0.05) is 4.90 Å². The van der Waals surface area contributed by atoms with E-state index in [4.69, 9.17) is 10.3 Å². The lowest BCUT2D eigenvalue weighted by Gasteiger charge is -2.02. The van der Waals surface area contributed by atoms with Gasteiger partial charge in [-0.15, -0.1) is 11.8 Å². The standard InChI is InChI=1S/C13H16FN3OS/c1-2-3-11(15)13-16-12(17-18-13)8-19-10-6-4-9(14)5-7-10/h4-7,11H,2-3,8,15H2,1H3/t11-/m0/s1. The van der Waals surface area contributed by atoms with Crippen molar-refractivity contribution in [1.82, 2.24) is 10.1 Å². The van der Waals surface area contributed by atoms with Crippen LogP contribution in [-0.4, -0.2) is 10.1 Å². The van der Waals surface area contributed by atoms with E-state index in [1.54, 1.807) is 12.1 Å². The minimum Gasteiger partial charge on any atom is -0.338 e. The summed E-state index contributed by atoms with van der Waals surface area (Å²) >= 11 is 1.53. The number of thioether (sulfide) groups is 1. The van der Waals surface area contributed by atoms with Gasteiger partial charge < -0.3 is 10.3 Å². The van der Waals surface area contributed by atoms with Crippen LogP contribution in [0, 0.1) is 5.82 Å². The first-order valence-corrected chi connectivity index (χ1v) is 7.14. The van der Waals surface area contributed by atoms with E-state index in [2.05, 4.69) is 17.1 Å². The fourth-order valence-corrected chi connectivity index (χ4v) is 2.33. The Morgan fingerprint density at radius 1 is 1.37 bits per heavy atom. The zero-order valence-corrected chi connectivity index (χ0v) is 11.5. The van der Waals surface area contributed by atoms with Gasteiger partial charge in [0.05, 0.1) is 11.8 Å². The predicted octanol–water partition coefficient (Wildman–Crippen LogP) is 3.30. The summed E-state index contributed by atoms with van der Waals surface area (Å²) < 4.78 is 17.9. The van der Waals surface area contributed by atoms with Crippen LogP contribution in [0.4, 0.5) is 4.39 Å². The number of nitrogens with zero attached hydrogens (tertiary/aromatic N) is 2. The van der Waals surface area contributed by atoms with Gasteiger partial charge >= 0.3 is 0 Å². The maximum Gasteiger partial charge on any atom is 0.243 e. The fourth-order valence-electron chi connectivity index (χ4n) is 1.59. The Morgan fingerprint density at radius 2 is 2.11 bits per heavy atom. The quantitative estimate of drug-likeness (QED) is 0.823. The van der Waals surface area contributed by atoms with E-state index >= 15 is 0 Å². The lowest BCUT2D eigenvalue weighted by Crippen LogP contribution is -2.10. The van der Waals surface area contributed by atoms with E-state index in [1.165, 1.54) is 23.9 Å². The third kappa shape index (κ3) is 4.04. The highest BCUT2D eigenvalue weighted by Gasteiger charge is 2.13. The molecule has 0 fully saturated rings. The number of hydrogen-bond acceptors (Lipinski definition) is 5.